The zero-order chi connectivity index (χ0) is 27.9. The summed E-state index contributed by atoms with van der Waals surface area (Å²) >= 11 is 0. The highest BCUT2D eigenvalue weighted by Crippen LogP contribution is 2.44. The number of halogens is 4. The van der Waals surface area contributed by atoms with Crippen LogP contribution >= 0.6 is 0 Å². The fourth-order valence-corrected chi connectivity index (χ4v) is 4.65. The van der Waals surface area contributed by atoms with E-state index < -0.39 is 34.9 Å². The lowest BCUT2D eigenvalue weighted by molar-refractivity contribution is -0.137. The highest BCUT2D eigenvalue weighted by molar-refractivity contribution is 6.10. The molecule has 0 N–H and O–H groups in total. The maximum absolute atomic E-state index is 14.1. The minimum atomic E-state index is -4.66. The Hall–Kier alpha value is -4.34. The fraction of sp³-hybridized carbons (Fsp3) is 0.241. The third-order valence-corrected chi connectivity index (χ3v) is 6.33. The Kier molecular flexibility index (Phi) is 6.80. The summed E-state index contributed by atoms with van der Waals surface area (Å²) in [5, 5.41) is -0.0922. The molecule has 0 saturated carbocycles. The Morgan fingerprint density at radius 2 is 1.74 bits per heavy atom. The van der Waals surface area contributed by atoms with Crippen LogP contribution in [0.3, 0.4) is 0 Å². The monoisotopic (exact) mass is 541 g/mol. The van der Waals surface area contributed by atoms with Gasteiger partial charge in [0.05, 0.1) is 35.8 Å². The van der Waals surface area contributed by atoms with E-state index in [0.717, 1.165) is 35.6 Å². The highest BCUT2D eigenvalue weighted by atomic mass is 19.4. The van der Waals surface area contributed by atoms with Crippen molar-refractivity contribution < 1.29 is 36.2 Å². The Bertz CT molecular complexity index is 1630. The van der Waals surface area contributed by atoms with Gasteiger partial charge in [0.15, 0.2) is 16.9 Å². The lowest BCUT2D eigenvalue weighted by Crippen LogP contribution is -2.29. The number of anilines is 1. The number of hydrogen-bond donors (Lipinski definition) is 0. The van der Waals surface area contributed by atoms with Gasteiger partial charge in [0.25, 0.3) is 5.91 Å². The van der Waals surface area contributed by atoms with E-state index in [4.69, 9.17) is 13.9 Å². The lowest BCUT2D eigenvalue weighted by Gasteiger charge is -2.26. The molecule has 0 aliphatic carbocycles. The molecule has 5 rings (SSSR count). The van der Waals surface area contributed by atoms with Crippen LogP contribution in [0.4, 0.5) is 23.2 Å². The summed E-state index contributed by atoms with van der Waals surface area (Å²) in [6.45, 7) is 4.42. The molecule has 0 saturated heterocycles. The molecule has 1 aliphatic rings. The van der Waals surface area contributed by atoms with Gasteiger partial charge in [-0.2, -0.15) is 13.2 Å². The van der Waals surface area contributed by atoms with Crippen LogP contribution in [0.25, 0.3) is 11.0 Å². The number of carbonyl (C=O) groups is 1. The van der Waals surface area contributed by atoms with Gasteiger partial charge in [0, 0.05) is 5.69 Å². The standard InChI is InChI=1S/C29H23F4NO5/c1-3-12-38-22-10-8-16(13-23(22)37-4-2)25-24-26(35)20-15-18(30)9-11-21(20)39-27(24)28(36)34(25)19-7-5-6-17(14-19)29(31,32)33/h5-11,13-15,25H,3-4,12H2,1-2H3. The van der Waals surface area contributed by atoms with Crippen molar-refractivity contribution in [2.24, 2.45) is 0 Å². The number of carbonyl (C=O) groups excluding carboxylic acids is 1. The molecule has 6 nitrogen and oxygen atoms in total. The summed E-state index contributed by atoms with van der Waals surface area (Å²) in [7, 11) is 0. The van der Waals surface area contributed by atoms with Crippen molar-refractivity contribution in [3.05, 3.63) is 99.2 Å². The number of fused-ring (bicyclic) bond motifs is 2. The predicted molar refractivity (Wildman–Crippen MR) is 136 cm³/mol. The Morgan fingerprint density at radius 3 is 2.46 bits per heavy atom. The van der Waals surface area contributed by atoms with Gasteiger partial charge in [0.2, 0.25) is 5.76 Å². The minimum absolute atomic E-state index is 0.0172. The molecule has 10 heteroatoms. The first-order chi connectivity index (χ1) is 18.6. The van der Waals surface area contributed by atoms with Gasteiger partial charge in [-0.3, -0.25) is 14.5 Å². The normalized spacial score (nSPS) is 15.1. The summed E-state index contributed by atoms with van der Waals surface area (Å²) in [6.07, 6.45) is -3.92. The van der Waals surface area contributed by atoms with Crippen LogP contribution in [0.15, 0.2) is 69.9 Å². The molecule has 1 atom stereocenters. The molecular weight excluding hydrogens is 518 g/mol. The van der Waals surface area contributed by atoms with Crippen molar-refractivity contribution in [2.75, 3.05) is 18.1 Å². The molecule has 1 aromatic heterocycles. The van der Waals surface area contributed by atoms with E-state index in [1.54, 1.807) is 25.1 Å². The van der Waals surface area contributed by atoms with Crippen molar-refractivity contribution in [1.29, 1.82) is 0 Å². The van der Waals surface area contributed by atoms with Gasteiger partial charge in [-0.05, 0) is 67.4 Å². The molecule has 0 bridgehead atoms. The van der Waals surface area contributed by atoms with Gasteiger partial charge in [-0.25, -0.2) is 4.39 Å². The van der Waals surface area contributed by atoms with Crippen LogP contribution in [-0.4, -0.2) is 19.1 Å². The molecule has 1 unspecified atom stereocenters. The van der Waals surface area contributed by atoms with E-state index in [1.807, 2.05) is 6.92 Å². The molecule has 202 valence electrons. The van der Waals surface area contributed by atoms with Gasteiger partial charge in [-0.1, -0.05) is 19.1 Å². The number of hydrogen-bond acceptors (Lipinski definition) is 5. The molecule has 39 heavy (non-hydrogen) atoms. The molecular formula is C29H23F4NO5. The largest absolute Gasteiger partial charge is 0.490 e. The second-order valence-electron chi connectivity index (χ2n) is 8.93. The summed E-state index contributed by atoms with van der Waals surface area (Å²) < 4.78 is 72.0. The third kappa shape index (κ3) is 4.71. The van der Waals surface area contributed by atoms with E-state index in [-0.39, 0.29) is 34.6 Å². The van der Waals surface area contributed by atoms with Crippen molar-refractivity contribution >= 4 is 22.6 Å². The maximum Gasteiger partial charge on any atom is 0.416 e. The van der Waals surface area contributed by atoms with Crippen LogP contribution in [0, 0.1) is 5.82 Å². The maximum atomic E-state index is 14.1. The smallest absolute Gasteiger partial charge is 0.416 e. The molecule has 2 heterocycles. The number of amides is 1. The number of alkyl halides is 3. The Balaban J connectivity index is 1.76. The van der Waals surface area contributed by atoms with Crippen LogP contribution in [0.1, 0.15) is 53.6 Å². The topological polar surface area (TPSA) is 69.0 Å². The molecule has 0 fully saturated rings. The highest BCUT2D eigenvalue weighted by Gasteiger charge is 2.44. The summed E-state index contributed by atoms with van der Waals surface area (Å²) in [4.78, 5) is 28.5. The first kappa shape index (κ1) is 26.3. The molecule has 4 aromatic rings. The van der Waals surface area contributed by atoms with Gasteiger partial charge >= 0.3 is 6.18 Å². The quantitative estimate of drug-likeness (QED) is 0.239. The van der Waals surface area contributed by atoms with Crippen molar-refractivity contribution in [3.63, 3.8) is 0 Å². The van der Waals surface area contributed by atoms with Crippen LogP contribution in [0.2, 0.25) is 0 Å². The molecule has 1 amide bonds. The van der Waals surface area contributed by atoms with E-state index >= 15 is 0 Å². The number of nitrogens with zero attached hydrogens (tertiary/aromatic N) is 1. The number of rotatable bonds is 7. The average Bonchev–Trinajstić information content (AvgIpc) is 3.20. The molecule has 0 spiro atoms. The average molecular weight is 541 g/mol. The van der Waals surface area contributed by atoms with Crippen molar-refractivity contribution in [3.8, 4) is 11.5 Å². The van der Waals surface area contributed by atoms with Crippen molar-refractivity contribution in [2.45, 2.75) is 32.5 Å². The first-order valence-electron chi connectivity index (χ1n) is 12.3. The van der Waals surface area contributed by atoms with E-state index in [2.05, 4.69) is 0 Å². The zero-order valence-corrected chi connectivity index (χ0v) is 21.0. The SMILES string of the molecule is CCCOc1ccc(C2c3c(oc4ccc(F)cc4c3=O)C(=O)N2c2cccc(C(F)(F)F)c2)cc1OCC. The van der Waals surface area contributed by atoms with Crippen molar-refractivity contribution in [1.82, 2.24) is 0 Å². The van der Waals surface area contributed by atoms with Gasteiger partial charge in [0.1, 0.15) is 11.4 Å². The number of benzene rings is 3. The predicted octanol–water partition coefficient (Wildman–Crippen LogP) is 6.89. The summed E-state index contributed by atoms with van der Waals surface area (Å²) in [6, 6.07) is 11.2. The fourth-order valence-electron chi connectivity index (χ4n) is 4.65. The van der Waals surface area contributed by atoms with Gasteiger partial charge < -0.3 is 13.9 Å². The molecule has 0 radical (unpaired) electrons. The molecule has 1 aliphatic heterocycles. The molecule has 3 aromatic carbocycles. The van der Waals surface area contributed by atoms with Crippen LogP contribution in [0.5, 0.6) is 11.5 Å². The van der Waals surface area contributed by atoms with E-state index in [0.29, 0.717) is 23.7 Å². The Labute approximate surface area is 220 Å². The lowest BCUT2D eigenvalue weighted by atomic mass is 9.97. The zero-order valence-electron chi connectivity index (χ0n) is 21.0. The minimum Gasteiger partial charge on any atom is -0.490 e. The third-order valence-electron chi connectivity index (χ3n) is 6.33. The Morgan fingerprint density at radius 1 is 0.949 bits per heavy atom. The van der Waals surface area contributed by atoms with Gasteiger partial charge in [-0.15, -0.1) is 0 Å². The van der Waals surface area contributed by atoms with Crippen LogP contribution < -0.4 is 19.8 Å². The second kappa shape index (κ2) is 10.1. The first-order valence-corrected chi connectivity index (χ1v) is 12.3. The number of ether oxygens (including phenoxy) is 2. The van der Waals surface area contributed by atoms with E-state index in [1.165, 1.54) is 18.2 Å². The second-order valence-corrected chi connectivity index (χ2v) is 8.93. The van der Waals surface area contributed by atoms with E-state index in [9.17, 15) is 27.2 Å². The summed E-state index contributed by atoms with van der Waals surface area (Å²) in [5.41, 5.74) is -1.48. The summed E-state index contributed by atoms with van der Waals surface area (Å²) in [5.74, 6) is -1.04. The van der Waals surface area contributed by atoms with Crippen LogP contribution in [-0.2, 0) is 6.18 Å².